The summed E-state index contributed by atoms with van der Waals surface area (Å²) in [5, 5.41) is 19.0. The Morgan fingerprint density at radius 1 is 0.944 bits per heavy atom. The number of ether oxygens (including phenoxy) is 3. The minimum absolute atomic E-state index is 0.0622. The molecule has 4 N–H and O–H groups in total. The number of aliphatic carboxylic acids is 1. The van der Waals surface area contributed by atoms with E-state index in [9.17, 15) is 27.9 Å². The Morgan fingerprint density at radius 3 is 2.37 bits per heavy atom. The van der Waals surface area contributed by atoms with Crippen molar-refractivity contribution in [1.82, 2.24) is 30.9 Å². The predicted octanol–water partition coefficient (Wildman–Crippen LogP) is 6.04. The number of nitrogens with one attached hydrogen (secondary N) is 3. The average Bonchev–Trinajstić information content (AvgIpc) is 3.68. The monoisotopic (exact) mass is 766 g/mol. The third kappa shape index (κ3) is 7.52. The molecule has 0 radical (unpaired) electrons. The van der Waals surface area contributed by atoms with Crippen LogP contribution in [0.15, 0.2) is 48.5 Å². The zero-order valence-corrected chi connectivity index (χ0v) is 30.2. The number of rotatable bonds is 14. The molecule has 0 unspecified atom stereocenters. The molecular formula is C38H38ClF3N6O6. The minimum atomic E-state index is -4.91. The molecule has 7 rings (SSSR count). The van der Waals surface area contributed by atoms with Gasteiger partial charge in [-0.1, -0.05) is 54.1 Å². The topological polar surface area (TPSA) is 157 Å². The number of amides is 1. The number of halogens is 4. The van der Waals surface area contributed by atoms with E-state index in [1.54, 1.807) is 13.2 Å². The normalized spacial score (nSPS) is 18.6. The van der Waals surface area contributed by atoms with Gasteiger partial charge in [0.15, 0.2) is 0 Å². The van der Waals surface area contributed by atoms with Crippen LogP contribution in [0.3, 0.4) is 0 Å². The largest absolute Gasteiger partial charge is 0.481 e. The second kappa shape index (κ2) is 15.0. The van der Waals surface area contributed by atoms with Crippen LogP contribution < -0.4 is 30.2 Å². The summed E-state index contributed by atoms with van der Waals surface area (Å²) in [6, 6.07) is 15.0. The summed E-state index contributed by atoms with van der Waals surface area (Å²) in [5.74, 6) is -1.51. The Hall–Kier alpha value is -4.99. The molecule has 2 aliphatic carbocycles. The van der Waals surface area contributed by atoms with E-state index in [2.05, 4.69) is 25.9 Å². The molecule has 54 heavy (non-hydrogen) atoms. The van der Waals surface area contributed by atoms with Crippen LogP contribution in [0.25, 0.3) is 22.4 Å². The molecule has 2 aromatic heterocycles. The number of nitrogens with zero attached hydrogens (tertiary/aromatic N) is 3. The lowest BCUT2D eigenvalue weighted by Gasteiger charge is -2.20. The molecule has 3 aliphatic rings. The summed E-state index contributed by atoms with van der Waals surface area (Å²) >= 11 is 7.09. The second-order valence-corrected chi connectivity index (χ2v) is 13.9. The van der Waals surface area contributed by atoms with E-state index in [1.807, 2.05) is 42.5 Å². The molecule has 0 spiro atoms. The first-order valence-corrected chi connectivity index (χ1v) is 17.9. The van der Waals surface area contributed by atoms with E-state index < -0.39 is 35.4 Å². The van der Waals surface area contributed by atoms with Crippen LogP contribution in [0.1, 0.15) is 66.3 Å². The Bertz CT molecular complexity index is 2100. The fraction of sp³-hybridized carbons (Fsp3) is 0.395. The molecule has 1 saturated carbocycles. The van der Waals surface area contributed by atoms with E-state index in [0.29, 0.717) is 72.9 Å². The van der Waals surface area contributed by atoms with Gasteiger partial charge in [0.2, 0.25) is 29.2 Å². The highest BCUT2D eigenvalue weighted by atomic mass is 35.5. The number of hydrogen-bond acceptors (Lipinski definition) is 10. The van der Waals surface area contributed by atoms with E-state index >= 15 is 0 Å². The third-order valence-corrected chi connectivity index (χ3v) is 10.5. The number of pyridine rings is 1. The number of aromatic nitrogens is 3. The Morgan fingerprint density at radius 2 is 1.69 bits per heavy atom. The van der Waals surface area contributed by atoms with Gasteiger partial charge >= 0.3 is 12.1 Å². The molecule has 12 nitrogen and oxygen atoms in total. The van der Waals surface area contributed by atoms with E-state index in [-0.39, 0.29) is 30.1 Å². The highest BCUT2D eigenvalue weighted by molar-refractivity contribution is 6.36. The number of carboxylic acid groups (broad SMARTS) is 1. The number of fused-ring (bicyclic) bond motifs is 1. The van der Waals surface area contributed by atoms with Crippen LogP contribution in [0, 0.1) is 0 Å². The zero-order chi connectivity index (χ0) is 38.2. The smallest absolute Gasteiger partial charge is 0.438 e. The molecule has 284 valence electrons. The van der Waals surface area contributed by atoms with Crippen molar-refractivity contribution >= 4 is 23.5 Å². The third-order valence-electron chi connectivity index (χ3n) is 10.1. The number of hydrogen-bond donors (Lipinski definition) is 4. The number of carbonyl (C=O) groups is 2. The molecule has 1 saturated heterocycles. The lowest BCUT2D eigenvalue weighted by atomic mass is 9.94. The number of methoxy groups -OCH3 is 2. The van der Waals surface area contributed by atoms with Gasteiger partial charge in [-0.05, 0) is 54.9 Å². The van der Waals surface area contributed by atoms with Gasteiger partial charge in [0.25, 0.3) is 0 Å². The summed E-state index contributed by atoms with van der Waals surface area (Å²) in [4.78, 5) is 35.8. The van der Waals surface area contributed by atoms with Crippen molar-refractivity contribution in [3.05, 3.63) is 81.6 Å². The predicted molar refractivity (Wildman–Crippen MR) is 191 cm³/mol. The fourth-order valence-electron chi connectivity index (χ4n) is 7.04. The summed E-state index contributed by atoms with van der Waals surface area (Å²) in [5.41, 5.74) is 2.52. The SMILES string of the molecule is COc1nc(-c2cccc(-c3cccc4c3CC[C@@H]4Oc3nc(OC)c(CNC4(C(=O)O)CC4)nc3C(F)(F)F)c2Cl)ccc1CNC[C@@H]1CCC(=O)N1. The van der Waals surface area contributed by atoms with Gasteiger partial charge in [0.1, 0.15) is 17.3 Å². The first kappa shape index (κ1) is 37.3. The molecule has 3 heterocycles. The summed E-state index contributed by atoms with van der Waals surface area (Å²) in [6.45, 7) is 0.838. The van der Waals surface area contributed by atoms with Crippen molar-refractivity contribution < 1.29 is 42.1 Å². The standard InChI is InChI=1S/C38H38ClF3N6O6/c1-52-33-20(17-43-18-21-10-14-30(49)45-21)9-12-27(47-33)26-8-4-7-25(31(26)39)22-5-3-6-24-23(22)11-13-29(24)54-35-32(38(40,41)42)46-28(34(48-35)53-2)19-44-37(15-16-37)36(50)51/h3-9,12,21,29,43-44H,10-11,13-19H2,1-2H3,(H,45,49)(H,50,51)/t21-,29-/m0/s1. The van der Waals surface area contributed by atoms with Crippen LogP contribution >= 0.6 is 11.6 Å². The van der Waals surface area contributed by atoms with Crippen molar-refractivity contribution in [3.63, 3.8) is 0 Å². The number of benzene rings is 2. The van der Waals surface area contributed by atoms with E-state index in [0.717, 1.165) is 28.7 Å². The maximum atomic E-state index is 14.4. The van der Waals surface area contributed by atoms with Gasteiger partial charge < -0.3 is 30.0 Å². The summed E-state index contributed by atoms with van der Waals surface area (Å²) in [6.07, 6.45) is -2.78. The highest BCUT2D eigenvalue weighted by Gasteiger charge is 2.50. The Kier molecular flexibility index (Phi) is 10.4. The average molecular weight is 767 g/mol. The van der Waals surface area contributed by atoms with Crippen molar-refractivity contribution in [2.75, 3.05) is 20.8 Å². The van der Waals surface area contributed by atoms with Gasteiger partial charge in [-0.2, -0.15) is 18.2 Å². The lowest BCUT2D eigenvalue weighted by Crippen LogP contribution is -2.39. The van der Waals surface area contributed by atoms with Gasteiger partial charge in [0, 0.05) is 48.8 Å². The van der Waals surface area contributed by atoms with E-state index in [1.165, 1.54) is 7.11 Å². The number of alkyl halides is 3. The molecule has 1 aliphatic heterocycles. The van der Waals surface area contributed by atoms with Crippen molar-refractivity contribution in [2.45, 2.75) is 75.5 Å². The second-order valence-electron chi connectivity index (χ2n) is 13.6. The zero-order valence-electron chi connectivity index (χ0n) is 29.5. The van der Waals surface area contributed by atoms with Crippen molar-refractivity contribution in [3.8, 4) is 40.0 Å². The Labute approximate surface area is 313 Å². The summed E-state index contributed by atoms with van der Waals surface area (Å²) in [7, 11) is 2.80. The first-order valence-electron chi connectivity index (χ1n) is 17.5. The Balaban J connectivity index is 1.13. The van der Waals surface area contributed by atoms with E-state index in [4.69, 9.17) is 30.8 Å². The van der Waals surface area contributed by atoms with Crippen LogP contribution in [0.4, 0.5) is 13.2 Å². The highest BCUT2D eigenvalue weighted by Crippen LogP contribution is 2.45. The minimum Gasteiger partial charge on any atom is -0.481 e. The van der Waals surface area contributed by atoms with Gasteiger partial charge in [-0.3, -0.25) is 14.9 Å². The lowest BCUT2D eigenvalue weighted by molar-refractivity contribution is -0.144. The number of carboxylic acids is 1. The van der Waals surface area contributed by atoms with Gasteiger partial charge in [-0.25, -0.2) is 9.97 Å². The van der Waals surface area contributed by atoms with Gasteiger partial charge in [-0.15, -0.1) is 0 Å². The molecule has 0 bridgehead atoms. The molecule has 2 atom stereocenters. The molecule has 2 fully saturated rings. The maximum absolute atomic E-state index is 14.4. The molecule has 16 heteroatoms. The molecule has 1 amide bonds. The van der Waals surface area contributed by atoms with Crippen LogP contribution in [-0.2, 0) is 35.3 Å². The quantitative estimate of drug-likeness (QED) is 0.119. The molecule has 4 aromatic rings. The van der Waals surface area contributed by atoms with Crippen molar-refractivity contribution in [1.29, 1.82) is 0 Å². The molecular weight excluding hydrogens is 729 g/mol. The molecule has 2 aromatic carbocycles. The fourth-order valence-corrected chi connectivity index (χ4v) is 7.36. The van der Waals surface area contributed by atoms with Crippen LogP contribution in [0.2, 0.25) is 5.02 Å². The maximum Gasteiger partial charge on any atom is 0.438 e. The number of carbonyl (C=O) groups excluding carboxylic acids is 1. The van der Waals surface area contributed by atoms with Gasteiger partial charge in [0.05, 0.1) is 24.9 Å². The first-order chi connectivity index (χ1) is 25.9. The van der Waals surface area contributed by atoms with Crippen LogP contribution in [-0.4, -0.2) is 64.3 Å². The van der Waals surface area contributed by atoms with Crippen molar-refractivity contribution in [2.24, 2.45) is 0 Å². The van der Waals surface area contributed by atoms with Crippen LogP contribution in [0.5, 0.6) is 17.6 Å². The summed E-state index contributed by atoms with van der Waals surface area (Å²) < 4.78 is 60.0.